The fraction of sp³-hybridized carbons (Fsp3) is 1.00. The highest BCUT2D eigenvalue weighted by atomic mass is 16.5. The monoisotopic (exact) mass is 296 g/mol. The minimum Gasteiger partial charge on any atom is -0.381 e. The summed E-state index contributed by atoms with van der Waals surface area (Å²) in [5.41, 5.74) is 0.819. The van der Waals surface area contributed by atoms with Crippen molar-refractivity contribution in [2.24, 2.45) is 22.7 Å². The lowest BCUT2D eigenvalue weighted by molar-refractivity contribution is -0.0572. The second-order valence-electron chi connectivity index (χ2n) is 9.21. The van der Waals surface area contributed by atoms with E-state index in [0.29, 0.717) is 16.9 Å². The van der Waals surface area contributed by atoms with E-state index in [1.54, 1.807) is 0 Å². The van der Waals surface area contributed by atoms with Crippen LogP contribution < -0.4 is 0 Å². The molecular weight excluding hydrogens is 260 g/mol. The zero-order valence-electron chi connectivity index (χ0n) is 14.9. The van der Waals surface area contributed by atoms with E-state index >= 15 is 0 Å². The zero-order valence-corrected chi connectivity index (χ0v) is 14.9. The lowest BCUT2D eigenvalue weighted by atomic mass is 9.71. The third-order valence-electron chi connectivity index (χ3n) is 5.55. The standard InChI is InChI=1S/C19H36O2/c1-18(2,3)16-8-11-21-17(12-16)14-19(4,5)13-15-6-9-20-10-7-15/h15-17H,6-14H2,1-5H3. The Labute approximate surface area is 132 Å². The van der Waals surface area contributed by atoms with Gasteiger partial charge in [-0.2, -0.15) is 0 Å². The molecule has 0 aromatic rings. The molecule has 2 atom stereocenters. The highest BCUT2D eigenvalue weighted by Crippen LogP contribution is 2.41. The summed E-state index contributed by atoms with van der Waals surface area (Å²) in [6.07, 6.45) is 8.01. The number of ether oxygens (including phenoxy) is 2. The fourth-order valence-electron chi connectivity index (χ4n) is 4.24. The molecule has 2 heterocycles. The first-order valence-corrected chi connectivity index (χ1v) is 8.96. The van der Waals surface area contributed by atoms with Gasteiger partial charge in [-0.05, 0) is 61.2 Å². The predicted octanol–water partition coefficient (Wildman–Crippen LogP) is 5.06. The largest absolute Gasteiger partial charge is 0.381 e. The van der Waals surface area contributed by atoms with Crippen LogP contribution in [0.15, 0.2) is 0 Å². The molecule has 0 aliphatic carbocycles. The summed E-state index contributed by atoms with van der Waals surface area (Å²) in [5.74, 6) is 1.67. The van der Waals surface area contributed by atoms with Crippen molar-refractivity contribution < 1.29 is 9.47 Å². The van der Waals surface area contributed by atoms with Crippen LogP contribution in [0.25, 0.3) is 0 Å². The minimum atomic E-state index is 0.395. The Balaban J connectivity index is 1.83. The van der Waals surface area contributed by atoms with Gasteiger partial charge in [0.05, 0.1) is 6.10 Å². The minimum absolute atomic E-state index is 0.395. The maximum absolute atomic E-state index is 6.10. The SMILES string of the molecule is CC(C)(CC1CCOCC1)CC1CC(C(C)(C)C)CCO1. The molecule has 0 aromatic carbocycles. The van der Waals surface area contributed by atoms with Crippen LogP contribution in [0, 0.1) is 22.7 Å². The first-order valence-electron chi connectivity index (χ1n) is 8.96. The average Bonchev–Trinajstić information content (AvgIpc) is 2.38. The van der Waals surface area contributed by atoms with E-state index in [4.69, 9.17) is 9.47 Å². The van der Waals surface area contributed by atoms with Crippen LogP contribution >= 0.6 is 0 Å². The van der Waals surface area contributed by atoms with E-state index < -0.39 is 0 Å². The topological polar surface area (TPSA) is 18.5 Å². The lowest BCUT2D eigenvalue weighted by Crippen LogP contribution is -2.36. The van der Waals surface area contributed by atoms with E-state index in [9.17, 15) is 0 Å². The molecule has 0 bridgehead atoms. The highest BCUT2D eigenvalue weighted by Gasteiger charge is 2.35. The van der Waals surface area contributed by atoms with Crippen LogP contribution in [-0.4, -0.2) is 25.9 Å². The van der Waals surface area contributed by atoms with Crippen molar-refractivity contribution in [2.75, 3.05) is 19.8 Å². The summed E-state index contributed by atoms with van der Waals surface area (Å²) in [7, 11) is 0. The summed E-state index contributed by atoms with van der Waals surface area (Å²) < 4.78 is 11.6. The molecule has 2 rings (SSSR count). The smallest absolute Gasteiger partial charge is 0.0583 e. The van der Waals surface area contributed by atoms with Crippen LogP contribution in [0.3, 0.4) is 0 Å². The first kappa shape index (κ1) is 17.3. The van der Waals surface area contributed by atoms with Crippen LogP contribution in [0.2, 0.25) is 0 Å². The van der Waals surface area contributed by atoms with Gasteiger partial charge in [0.25, 0.3) is 0 Å². The van der Waals surface area contributed by atoms with Crippen LogP contribution in [-0.2, 0) is 9.47 Å². The van der Waals surface area contributed by atoms with E-state index in [2.05, 4.69) is 34.6 Å². The van der Waals surface area contributed by atoms with Gasteiger partial charge < -0.3 is 9.47 Å². The van der Waals surface area contributed by atoms with Gasteiger partial charge in [-0.25, -0.2) is 0 Å². The van der Waals surface area contributed by atoms with Crippen molar-refractivity contribution in [1.82, 2.24) is 0 Å². The normalized spacial score (nSPS) is 29.6. The van der Waals surface area contributed by atoms with Crippen LogP contribution in [0.5, 0.6) is 0 Å². The number of rotatable bonds is 4. The van der Waals surface area contributed by atoms with E-state index in [1.807, 2.05) is 0 Å². The molecule has 0 aromatic heterocycles. The molecule has 0 amide bonds. The summed E-state index contributed by atoms with van der Waals surface area (Å²) in [6, 6.07) is 0. The third-order valence-corrected chi connectivity index (χ3v) is 5.55. The molecular formula is C19H36O2. The molecule has 2 aliphatic rings. The zero-order chi connectivity index (χ0) is 15.5. The molecule has 0 spiro atoms. The second-order valence-corrected chi connectivity index (χ2v) is 9.21. The average molecular weight is 296 g/mol. The molecule has 2 aliphatic heterocycles. The van der Waals surface area contributed by atoms with Gasteiger partial charge in [0.2, 0.25) is 0 Å². The quantitative estimate of drug-likeness (QED) is 0.722. The fourth-order valence-corrected chi connectivity index (χ4v) is 4.24. The first-order chi connectivity index (χ1) is 9.76. The van der Waals surface area contributed by atoms with Gasteiger partial charge in [-0.3, -0.25) is 0 Å². The molecule has 124 valence electrons. The van der Waals surface area contributed by atoms with Crippen molar-refractivity contribution in [1.29, 1.82) is 0 Å². The van der Waals surface area contributed by atoms with E-state index in [-0.39, 0.29) is 0 Å². The van der Waals surface area contributed by atoms with Crippen molar-refractivity contribution in [3.8, 4) is 0 Å². The van der Waals surface area contributed by atoms with Gasteiger partial charge in [-0.1, -0.05) is 34.6 Å². The molecule has 0 radical (unpaired) electrons. The molecule has 0 N–H and O–H groups in total. The maximum Gasteiger partial charge on any atom is 0.0583 e. The highest BCUT2D eigenvalue weighted by molar-refractivity contribution is 4.85. The molecule has 0 saturated carbocycles. The second kappa shape index (κ2) is 7.00. The van der Waals surface area contributed by atoms with Gasteiger partial charge in [0.15, 0.2) is 0 Å². The van der Waals surface area contributed by atoms with Gasteiger partial charge in [-0.15, -0.1) is 0 Å². The number of hydrogen-bond acceptors (Lipinski definition) is 2. The summed E-state index contributed by atoms with van der Waals surface area (Å²) in [6.45, 7) is 14.9. The van der Waals surface area contributed by atoms with Gasteiger partial charge >= 0.3 is 0 Å². The molecule has 2 heteroatoms. The Kier molecular flexibility index (Phi) is 5.76. The van der Waals surface area contributed by atoms with E-state index in [0.717, 1.165) is 31.7 Å². The van der Waals surface area contributed by atoms with Crippen molar-refractivity contribution >= 4 is 0 Å². The summed E-state index contributed by atoms with van der Waals surface area (Å²) >= 11 is 0. The summed E-state index contributed by atoms with van der Waals surface area (Å²) in [5, 5.41) is 0. The lowest BCUT2D eigenvalue weighted by Gasteiger charge is -2.41. The van der Waals surface area contributed by atoms with Gasteiger partial charge in [0.1, 0.15) is 0 Å². The van der Waals surface area contributed by atoms with Crippen molar-refractivity contribution in [3.63, 3.8) is 0 Å². The Bertz CT molecular complexity index is 310. The van der Waals surface area contributed by atoms with Crippen LogP contribution in [0.1, 0.15) is 73.1 Å². The molecule has 2 unspecified atom stereocenters. The molecule has 2 fully saturated rings. The molecule has 2 saturated heterocycles. The Morgan fingerprint density at radius 3 is 2.14 bits per heavy atom. The van der Waals surface area contributed by atoms with Crippen LogP contribution in [0.4, 0.5) is 0 Å². The van der Waals surface area contributed by atoms with Gasteiger partial charge in [0, 0.05) is 19.8 Å². The third kappa shape index (κ3) is 5.56. The Morgan fingerprint density at radius 1 is 0.857 bits per heavy atom. The van der Waals surface area contributed by atoms with E-state index in [1.165, 1.54) is 38.5 Å². The van der Waals surface area contributed by atoms with Crippen molar-refractivity contribution in [2.45, 2.75) is 79.2 Å². The Hall–Kier alpha value is -0.0800. The Morgan fingerprint density at radius 2 is 1.52 bits per heavy atom. The predicted molar refractivity (Wildman–Crippen MR) is 88.5 cm³/mol. The van der Waals surface area contributed by atoms with Crippen molar-refractivity contribution in [3.05, 3.63) is 0 Å². The summed E-state index contributed by atoms with van der Waals surface area (Å²) in [4.78, 5) is 0. The molecule has 2 nitrogen and oxygen atoms in total. The maximum atomic E-state index is 6.10. The number of hydrogen-bond donors (Lipinski definition) is 0. The molecule has 21 heavy (non-hydrogen) atoms.